The monoisotopic (exact) mass is 278 g/mol. The van der Waals surface area contributed by atoms with Crippen LogP contribution in [0.5, 0.6) is 0 Å². The summed E-state index contributed by atoms with van der Waals surface area (Å²) in [4.78, 5) is 23.4. The fourth-order valence-electron chi connectivity index (χ4n) is 1.86. The van der Waals surface area contributed by atoms with Crippen molar-refractivity contribution in [3.63, 3.8) is 0 Å². The first-order chi connectivity index (χ1) is 9.49. The van der Waals surface area contributed by atoms with Gasteiger partial charge in [0.2, 0.25) is 0 Å². The van der Waals surface area contributed by atoms with Gasteiger partial charge in [-0.25, -0.2) is 13.9 Å². The molecule has 0 fully saturated rings. The number of aryl methyl sites for hydroxylation is 1. The molecule has 1 heterocycles. The van der Waals surface area contributed by atoms with Gasteiger partial charge in [-0.05, 0) is 31.0 Å². The van der Waals surface area contributed by atoms with Crippen molar-refractivity contribution in [2.24, 2.45) is 7.05 Å². The zero-order valence-electron chi connectivity index (χ0n) is 11.3. The second kappa shape index (κ2) is 5.73. The van der Waals surface area contributed by atoms with Gasteiger partial charge in [-0.15, -0.1) is 0 Å². The molecule has 1 aromatic heterocycles. The molecular formula is C14H15FN2O3. The largest absolute Gasteiger partial charge is 0.370 e. The first kappa shape index (κ1) is 14.0. The van der Waals surface area contributed by atoms with E-state index in [0.717, 1.165) is 5.56 Å². The highest BCUT2D eigenvalue weighted by Crippen LogP contribution is 2.04. The van der Waals surface area contributed by atoms with E-state index in [-0.39, 0.29) is 11.4 Å². The summed E-state index contributed by atoms with van der Waals surface area (Å²) in [6.07, 6.45) is 0.559. The fraction of sp³-hybridized carbons (Fsp3) is 0.286. The number of hydrogen-bond acceptors (Lipinski definition) is 3. The normalized spacial score (nSPS) is 10.6. The van der Waals surface area contributed by atoms with Crippen LogP contribution >= 0.6 is 0 Å². The lowest BCUT2D eigenvalue weighted by atomic mass is 10.1. The van der Waals surface area contributed by atoms with E-state index in [1.807, 2.05) is 0 Å². The third-order valence-corrected chi connectivity index (χ3v) is 3.10. The van der Waals surface area contributed by atoms with Crippen molar-refractivity contribution >= 4 is 5.91 Å². The van der Waals surface area contributed by atoms with Crippen LogP contribution in [0, 0.1) is 12.7 Å². The summed E-state index contributed by atoms with van der Waals surface area (Å²) < 4.78 is 18.8. The van der Waals surface area contributed by atoms with Gasteiger partial charge in [-0.2, -0.15) is 0 Å². The lowest BCUT2D eigenvalue weighted by Crippen LogP contribution is -2.29. The van der Waals surface area contributed by atoms with Crippen molar-refractivity contribution in [1.82, 2.24) is 10.1 Å². The molecule has 5 nitrogen and oxygen atoms in total. The highest BCUT2D eigenvalue weighted by atomic mass is 19.1. The number of halogens is 1. The van der Waals surface area contributed by atoms with Crippen LogP contribution in [0.25, 0.3) is 0 Å². The van der Waals surface area contributed by atoms with Gasteiger partial charge in [0.25, 0.3) is 5.91 Å². The smallest absolute Gasteiger partial charge is 0.351 e. The quantitative estimate of drug-likeness (QED) is 0.919. The summed E-state index contributed by atoms with van der Waals surface area (Å²) in [5, 5.41) is 2.65. The molecule has 1 N–H and O–H groups in total. The van der Waals surface area contributed by atoms with E-state index >= 15 is 0 Å². The number of hydrogen-bond donors (Lipinski definition) is 1. The summed E-state index contributed by atoms with van der Waals surface area (Å²) in [5.74, 6) is -0.755. The topological polar surface area (TPSA) is 64.2 Å². The van der Waals surface area contributed by atoms with Crippen molar-refractivity contribution in [3.8, 4) is 0 Å². The molecule has 6 heteroatoms. The Balaban J connectivity index is 1.96. The van der Waals surface area contributed by atoms with Crippen molar-refractivity contribution in [3.05, 3.63) is 57.3 Å². The highest BCUT2D eigenvalue weighted by molar-refractivity contribution is 5.94. The molecule has 20 heavy (non-hydrogen) atoms. The van der Waals surface area contributed by atoms with E-state index in [0.29, 0.717) is 18.7 Å². The molecule has 0 unspecified atom stereocenters. The van der Waals surface area contributed by atoms with E-state index < -0.39 is 11.5 Å². The molecule has 0 radical (unpaired) electrons. The first-order valence-corrected chi connectivity index (χ1v) is 6.18. The minimum Gasteiger partial charge on any atom is -0.351 e. The Morgan fingerprint density at radius 1 is 1.35 bits per heavy atom. The van der Waals surface area contributed by atoms with E-state index in [2.05, 4.69) is 5.32 Å². The molecule has 0 atom stereocenters. The molecule has 0 saturated heterocycles. The van der Waals surface area contributed by atoms with Crippen molar-refractivity contribution in [2.45, 2.75) is 13.3 Å². The Hall–Kier alpha value is -2.37. The predicted molar refractivity (Wildman–Crippen MR) is 71.1 cm³/mol. The molecule has 0 spiro atoms. The molecular weight excluding hydrogens is 263 g/mol. The van der Waals surface area contributed by atoms with E-state index in [1.54, 1.807) is 26.1 Å². The van der Waals surface area contributed by atoms with Gasteiger partial charge in [0, 0.05) is 13.6 Å². The molecule has 1 amide bonds. The van der Waals surface area contributed by atoms with Gasteiger partial charge >= 0.3 is 5.63 Å². The van der Waals surface area contributed by atoms with Crippen LogP contribution in [0.3, 0.4) is 0 Å². The minimum atomic E-state index is -0.649. The number of carbonyl (C=O) groups excluding carboxylic acids is 1. The van der Waals surface area contributed by atoms with E-state index in [4.69, 9.17) is 4.52 Å². The van der Waals surface area contributed by atoms with Gasteiger partial charge in [-0.3, -0.25) is 4.79 Å². The second-order valence-corrected chi connectivity index (χ2v) is 4.47. The summed E-state index contributed by atoms with van der Waals surface area (Å²) in [5.41, 5.74) is 0.758. The molecule has 2 aromatic rings. The maximum absolute atomic E-state index is 12.7. The van der Waals surface area contributed by atoms with Crippen LogP contribution in [0.2, 0.25) is 0 Å². The molecule has 0 aliphatic rings. The third kappa shape index (κ3) is 2.96. The molecule has 0 saturated carbocycles. The zero-order valence-corrected chi connectivity index (χ0v) is 11.3. The number of nitrogens with zero attached hydrogens (tertiary/aromatic N) is 1. The fourth-order valence-corrected chi connectivity index (χ4v) is 1.86. The van der Waals surface area contributed by atoms with Crippen molar-refractivity contribution in [2.75, 3.05) is 6.54 Å². The number of aromatic nitrogens is 1. The maximum atomic E-state index is 12.7. The Kier molecular flexibility index (Phi) is 4.02. The van der Waals surface area contributed by atoms with Crippen LogP contribution in [-0.4, -0.2) is 17.2 Å². The van der Waals surface area contributed by atoms with Crippen LogP contribution in [0.4, 0.5) is 4.39 Å². The number of carbonyl (C=O) groups is 1. The maximum Gasteiger partial charge on any atom is 0.370 e. The van der Waals surface area contributed by atoms with Gasteiger partial charge in [0.1, 0.15) is 11.4 Å². The molecule has 1 aromatic carbocycles. The zero-order chi connectivity index (χ0) is 14.7. The highest BCUT2D eigenvalue weighted by Gasteiger charge is 2.18. The van der Waals surface area contributed by atoms with Gasteiger partial charge in [0.05, 0.1) is 5.69 Å². The number of rotatable bonds is 4. The van der Waals surface area contributed by atoms with Gasteiger partial charge < -0.3 is 9.84 Å². The molecule has 0 bridgehead atoms. The van der Waals surface area contributed by atoms with Crippen LogP contribution in [0.1, 0.15) is 21.6 Å². The minimum absolute atomic E-state index is 0.0200. The first-order valence-electron chi connectivity index (χ1n) is 6.18. The summed E-state index contributed by atoms with van der Waals surface area (Å²) >= 11 is 0. The van der Waals surface area contributed by atoms with E-state index in [9.17, 15) is 14.0 Å². The average Bonchev–Trinajstić information content (AvgIpc) is 2.65. The van der Waals surface area contributed by atoms with Crippen molar-refractivity contribution in [1.29, 1.82) is 0 Å². The average molecular weight is 278 g/mol. The Morgan fingerprint density at radius 2 is 2.00 bits per heavy atom. The molecule has 106 valence electrons. The van der Waals surface area contributed by atoms with Gasteiger partial charge in [-0.1, -0.05) is 12.1 Å². The molecule has 0 aliphatic heterocycles. The predicted octanol–water partition coefficient (Wildman–Crippen LogP) is 1.40. The lowest BCUT2D eigenvalue weighted by molar-refractivity contribution is 0.0951. The number of nitrogens with one attached hydrogen (secondary N) is 1. The Labute approximate surface area is 115 Å². The van der Waals surface area contributed by atoms with Crippen LogP contribution < -0.4 is 10.9 Å². The van der Waals surface area contributed by atoms with Crippen molar-refractivity contribution < 1.29 is 13.7 Å². The van der Waals surface area contributed by atoms with Crippen LogP contribution in [0.15, 0.2) is 33.6 Å². The van der Waals surface area contributed by atoms with Crippen LogP contribution in [-0.2, 0) is 13.5 Å². The number of benzene rings is 1. The Bertz CT molecular complexity index is 671. The second-order valence-electron chi connectivity index (χ2n) is 4.47. The molecule has 0 aliphatic carbocycles. The summed E-state index contributed by atoms with van der Waals surface area (Å²) in [7, 11) is 1.56. The van der Waals surface area contributed by atoms with Gasteiger partial charge in [0.15, 0.2) is 0 Å². The molecule has 2 rings (SSSR count). The lowest BCUT2D eigenvalue weighted by Gasteiger charge is -2.04. The van der Waals surface area contributed by atoms with E-state index in [1.165, 1.54) is 16.9 Å². The summed E-state index contributed by atoms with van der Waals surface area (Å²) in [6, 6.07) is 6.05. The summed E-state index contributed by atoms with van der Waals surface area (Å²) in [6.45, 7) is 2.00. The standard InChI is InChI=1S/C14H15FN2O3/c1-9-12(14(19)20-17(9)2)13(18)16-8-7-10-3-5-11(15)6-4-10/h3-6H,7-8H2,1-2H3,(H,16,18). The SMILES string of the molecule is Cc1c(C(=O)NCCc2ccc(F)cc2)c(=O)on1C. The Morgan fingerprint density at radius 3 is 2.55 bits per heavy atom. The number of amides is 1. The third-order valence-electron chi connectivity index (χ3n) is 3.10.